The van der Waals surface area contributed by atoms with Crippen molar-refractivity contribution in [3.63, 3.8) is 0 Å². The van der Waals surface area contributed by atoms with Crippen molar-refractivity contribution in [1.29, 1.82) is 0 Å². The van der Waals surface area contributed by atoms with Gasteiger partial charge in [0.05, 0.1) is 5.75 Å². The van der Waals surface area contributed by atoms with Crippen LogP contribution in [0, 0.1) is 13.8 Å². The topological polar surface area (TPSA) is 49.4 Å². The third kappa shape index (κ3) is 6.36. The highest BCUT2D eigenvalue weighted by atomic mass is 32.2. The number of amides is 2. The van der Waals surface area contributed by atoms with Gasteiger partial charge in [0, 0.05) is 17.8 Å². The molecule has 0 bridgehead atoms. The molecular weight excluding hydrogens is 404 g/mol. The van der Waals surface area contributed by atoms with Gasteiger partial charge in [-0.05, 0) is 49.6 Å². The monoisotopic (exact) mass is 438 g/mol. The first-order valence-corrected chi connectivity index (χ1v) is 12.4. The molecule has 1 heterocycles. The van der Waals surface area contributed by atoms with Crippen molar-refractivity contribution in [3.05, 3.63) is 59.2 Å². The van der Waals surface area contributed by atoms with Crippen LogP contribution in [0.3, 0.4) is 0 Å². The highest BCUT2D eigenvalue weighted by Crippen LogP contribution is 2.43. The van der Waals surface area contributed by atoms with E-state index in [-0.39, 0.29) is 17.2 Å². The van der Waals surface area contributed by atoms with Gasteiger partial charge in [-0.1, -0.05) is 68.9 Å². The summed E-state index contributed by atoms with van der Waals surface area (Å²) >= 11 is 1.63. The maximum atomic E-state index is 12.7. The van der Waals surface area contributed by atoms with Crippen LogP contribution in [0.4, 0.5) is 11.4 Å². The van der Waals surface area contributed by atoms with E-state index >= 15 is 0 Å². The molecule has 4 nitrogen and oxygen atoms in total. The van der Waals surface area contributed by atoms with Gasteiger partial charge in [0.25, 0.3) is 0 Å². The quantitative estimate of drug-likeness (QED) is 0.416. The molecule has 1 saturated heterocycles. The van der Waals surface area contributed by atoms with Crippen molar-refractivity contribution in [2.75, 3.05) is 16.0 Å². The van der Waals surface area contributed by atoms with Gasteiger partial charge in [0.1, 0.15) is 5.37 Å². The van der Waals surface area contributed by atoms with Gasteiger partial charge in [0.15, 0.2) is 0 Å². The first-order chi connectivity index (χ1) is 15.0. The Bertz CT molecular complexity index is 912. The molecule has 31 heavy (non-hydrogen) atoms. The molecule has 1 aliphatic rings. The second-order valence-corrected chi connectivity index (χ2v) is 9.48. The minimum atomic E-state index is -0.0793. The van der Waals surface area contributed by atoms with E-state index < -0.39 is 0 Å². The SMILES string of the molecule is CCCCCCCCC(=O)Nc1cccc(C2SCC(=O)N2c2ccc(C)cc2C)c1. The van der Waals surface area contributed by atoms with Crippen LogP contribution in [-0.4, -0.2) is 17.6 Å². The Labute approximate surface area is 190 Å². The molecule has 0 aliphatic carbocycles. The maximum Gasteiger partial charge on any atom is 0.238 e. The molecule has 0 radical (unpaired) electrons. The highest BCUT2D eigenvalue weighted by molar-refractivity contribution is 8.00. The van der Waals surface area contributed by atoms with E-state index in [4.69, 9.17) is 0 Å². The number of nitrogens with zero attached hydrogens (tertiary/aromatic N) is 1. The van der Waals surface area contributed by atoms with Crippen LogP contribution in [0.1, 0.15) is 73.9 Å². The summed E-state index contributed by atoms with van der Waals surface area (Å²) in [7, 11) is 0. The van der Waals surface area contributed by atoms with Crippen LogP contribution in [0.5, 0.6) is 0 Å². The van der Waals surface area contributed by atoms with Crippen LogP contribution < -0.4 is 10.2 Å². The number of rotatable bonds is 10. The number of unbranched alkanes of at least 4 members (excludes halogenated alkanes) is 5. The van der Waals surface area contributed by atoms with Gasteiger partial charge < -0.3 is 5.32 Å². The van der Waals surface area contributed by atoms with E-state index in [9.17, 15) is 9.59 Å². The lowest BCUT2D eigenvalue weighted by atomic mass is 10.1. The zero-order chi connectivity index (χ0) is 22.2. The van der Waals surface area contributed by atoms with E-state index in [0.717, 1.165) is 35.3 Å². The Balaban J connectivity index is 1.65. The van der Waals surface area contributed by atoms with E-state index in [1.165, 1.54) is 31.2 Å². The Hall–Kier alpha value is -2.27. The molecule has 0 spiro atoms. The second-order valence-electron chi connectivity index (χ2n) is 8.41. The molecular formula is C26H34N2O2S. The van der Waals surface area contributed by atoms with Crippen molar-refractivity contribution < 1.29 is 9.59 Å². The fourth-order valence-corrected chi connectivity index (χ4v) is 5.22. The number of benzene rings is 2. The molecule has 1 N–H and O–H groups in total. The molecule has 2 amide bonds. The molecule has 1 aliphatic heterocycles. The van der Waals surface area contributed by atoms with Gasteiger partial charge in [0.2, 0.25) is 11.8 Å². The number of hydrogen-bond donors (Lipinski definition) is 1. The van der Waals surface area contributed by atoms with Gasteiger partial charge in [-0.25, -0.2) is 0 Å². The minimum absolute atomic E-state index is 0.0639. The average Bonchev–Trinajstić information content (AvgIpc) is 3.12. The molecule has 3 rings (SSSR count). The molecule has 0 aromatic heterocycles. The molecule has 2 aromatic rings. The lowest BCUT2D eigenvalue weighted by Gasteiger charge is -2.26. The standard InChI is InChI=1S/C26H34N2O2S/c1-4-5-6-7-8-9-13-24(29)27-22-12-10-11-21(17-22)26-28(25(30)18-31-26)23-15-14-19(2)16-20(23)3/h10-12,14-17,26H,4-9,13,18H2,1-3H3,(H,27,29). The summed E-state index contributed by atoms with van der Waals surface area (Å²) in [5.41, 5.74) is 5.08. The van der Waals surface area contributed by atoms with Crippen LogP contribution in [0.25, 0.3) is 0 Å². The normalized spacial score (nSPS) is 16.0. The van der Waals surface area contributed by atoms with Crippen molar-refractivity contribution >= 4 is 35.0 Å². The van der Waals surface area contributed by atoms with E-state index in [0.29, 0.717) is 12.2 Å². The number of hydrogen-bond acceptors (Lipinski definition) is 3. The zero-order valence-corrected chi connectivity index (χ0v) is 19.8. The van der Waals surface area contributed by atoms with Crippen molar-refractivity contribution in [2.45, 2.75) is 71.1 Å². The summed E-state index contributed by atoms with van der Waals surface area (Å²) < 4.78 is 0. The van der Waals surface area contributed by atoms with E-state index in [1.807, 2.05) is 35.2 Å². The lowest BCUT2D eigenvalue weighted by molar-refractivity contribution is -0.117. The first-order valence-electron chi connectivity index (χ1n) is 11.4. The van der Waals surface area contributed by atoms with Crippen molar-refractivity contribution in [3.8, 4) is 0 Å². The summed E-state index contributed by atoms with van der Waals surface area (Å²) in [6, 6.07) is 14.1. The molecule has 1 fully saturated rings. The number of nitrogens with one attached hydrogen (secondary N) is 1. The average molecular weight is 439 g/mol. The largest absolute Gasteiger partial charge is 0.326 e. The van der Waals surface area contributed by atoms with Crippen molar-refractivity contribution in [1.82, 2.24) is 0 Å². The summed E-state index contributed by atoms with van der Waals surface area (Å²) in [6.45, 7) is 6.32. The number of anilines is 2. The Morgan fingerprint density at radius 1 is 1.06 bits per heavy atom. The van der Waals surface area contributed by atoms with Crippen molar-refractivity contribution in [2.24, 2.45) is 0 Å². The molecule has 5 heteroatoms. The molecule has 0 saturated carbocycles. The predicted molar refractivity (Wildman–Crippen MR) is 132 cm³/mol. The van der Waals surface area contributed by atoms with Crippen LogP contribution in [0.15, 0.2) is 42.5 Å². The number of thioether (sulfide) groups is 1. The van der Waals surface area contributed by atoms with E-state index in [2.05, 4.69) is 38.2 Å². The molecule has 1 atom stereocenters. The maximum absolute atomic E-state index is 12.7. The van der Waals surface area contributed by atoms with Gasteiger partial charge in [-0.15, -0.1) is 11.8 Å². The van der Waals surface area contributed by atoms with Crippen LogP contribution in [0.2, 0.25) is 0 Å². The van der Waals surface area contributed by atoms with Gasteiger partial charge in [-0.2, -0.15) is 0 Å². The Morgan fingerprint density at radius 2 is 1.84 bits per heavy atom. The minimum Gasteiger partial charge on any atom is -0.326 e. The fourth-order valence-electron chi connectivity index (χ4n) is 4.07. The molecule has 1 unspecified atom stereocenters. The summed E-state index contributed by atoms with van der Waals surface area (Å²) in [5, 5.41) is 2.96. The fraction of sp³-hybridized carbons (Fsp3) is 0.462. The first kappa shape index (κ1) is 23.4. The molecule has 166 valence electrons. The Morgan fingerprint density at radius 3 is 2.61 bits per heavy atom. The van der Waals surface area contributed by atoms with Crippen LogP contribution in [-0.2, 0) is 9.59 Å². The predicted octanol–water partition coefficient (Wildman–Crippen LogP) is 6.77. The summed E-state index contributed by atoms with van der Waals surface area (Å²) in [5.74, 6) is 0.653. The summed E-state index contributed by atoms with van der Waals surface area (Å²) in [4.78, 5) is 27.0. The zero-order valence-electron chi connectivity index (χ0n) is 18.9. The van der Waals surface area contributed by atoms with Gasteiger partial charge >= 0.3 is 0 Å². The number of aryl methyl sites for hydroxylation is 2. The number of carbonyl (C=O) groups is 2. The number of carbonyl (C=O) groups excluding carboxylic acids is 2. The highest BCUT2D eigenvalue weighted by Gasteiger charge is 2.34. The summed E-state index contributed by atoms with van der Waals surface area (Å²) in [6.07, 6.45) is 7.58. The van der Waals surface area contributed by atoms with E-state index in [1.54, 1.807) is 11.8 Å². The second kappa shape index (κ2) is 11.4. The third-order valence-electron chi connectivity index (χ3n) is 5.69. The lowest BCUT2D eigenvalue weighted by Crippen LogP contribution is -2.28. The third-order valence-corrected chi connectivity index (χ3v) is 6.90. The molecule has 2 aromatic carbocycles. The smallest absolute Gasteiger partial charge is 0.238 e. The van der Waals surface area contributed by atoms with Gasteiger partial charge in [-0.3, -0.25) is 14.5 Å². The Kier molecular flexibility index (Phi) is 8.59. The van der Waals surface area contributed by atoms with Crippen LogP contribution >= 0.6 is 11.8 Å².